The SMILES string of the molecule is CC(=O)c1ccc(N2CCN(C(=O)CSc3nncn3-c3ccccc3)CC2)c(F)c1. The summed E-state index contributed by atoms with van der Waals surface area (Å²) in [5, 5.41) is 8.74. The number of hydrogen-bond acceptors (Lipinski definition) is 6. The monoisotopic (exact) mass is 439 g/mol. The third kappa shape index (κ3) is 4.77. The van der Waals surface area contributed by atoms with Crippen LogP contribution in [0.5, 0.6) is 0 Å². The molecule has 2 heterocycles. The van der Waals surface area contributed by atoms with Crippen LogP contribution in [0.4, 0.5) is 10.1 Å². The van der Waals surface area contributed by atoms with Gasteiger partial charge in [0, 0.05) is 37.4 Å². The van der Waals surface area contributed by atoms with Crippen molar-refractivity contribution < 1.29 is 14.0 Å². The second kappa shape index (κ2) is 9.30. The highest BCUT2D eigenvalue weighted by atomic mass is 32.2. The number of ketones is 1. The molecule has 0 unspecified atom stereocenters. The number of carbonyl (C=O) groups excluding carboxylic acids is 2. The van der Waals surface area contributed by atoms with E-state index in [0.29, 0.717) is 42.6 Å². The molecule has 31 heavy (non-hydrogen) atoms. The molecule has 1 aliphatic rings. The quantitative estimate of drug-likeness (QED) is 0.434. The average Bonchev–Trinajstić information content (AvgIpc) is 3.27. The van der Waals surface area contributed by atoms with E-state index in [9.17, 15) is 14.0 Å². The van der Waals surface area contributed by atoms with Gasteiger partial charge in [0.2, 0.25) is 5.91 Å². The van der Waals surface area contributed by atoms with Crippen LogP contribution in [0.2, 0.25) is 0 Å². The van der Waals surface area contributed by atoms with E-state index in [1.165, 1.54) is 24.8 Å². The molecular formula is C22H22FN5O2S. The molecule has 3 aromatic rings. The lowest BCUT2D eigenvalue weighted by Crippen LogP contribution is -2.49. The van der Waals surface area contributed by atoms with Crippen molar-refractivity contribution in [1.29, 1.82) is 0 Å². The molecule has 0 bridgehead atoms. The number of anilines is 1. The van der Waals surface area contributed by atoms with Gasteiger partial charge in [0.1, 0.15) is 12.1 Å². The van der Waals surface area contributed by atoms with E-state index in [1.807, 2.05) is 39.8 Å². The molecule has 4 rings (SSSR count). The Balaban J connectivity index is 1.33. The maximum absolute atomic E-state index is 14.4. The average molecular weight is 440 g/mol. The van der Waals surface area contributed by atoms with E-state index in [-0.39, 0.29) is 17.4 Å². The first-order valence-electron chi connectivity index (χ1n) is 9.94. The summed E-state index contributed by atoms with van der Waals surface area (Å²) >= 11 is 1.35. The van der Waals surface area contributed by atoms with E-state index in [0.717, 1.165) is 5.69 Å². The van der Waals surface area contributed by atoms with Crippen molar-refractivity contribution in [3.05, 3.63) is 66.2 Å². The van der Waals surface area contributed by atoms with Gasteiger partial charge in [0.15, 0.2) is 10.9 Å². The van der Waals surface area contributed by atoms with Gasteiger partial charge in [-0.05, 0) is 37.3 Å². The minimum Gasteiger partial charge on any atom is -0.366 e. The Bertz CT molecular complexity index is 1080. The van der Waals surface area contributed by atoms with Crippen LogP contribution in [0.25, 0.3) is 5.69 Å². The molecule has 0 radical (unpaired) electrons. The summed E-state index contributed by atoms with van der Waals surface area (Å²) < 4.78 is 16.3. The van der Waals surface area contributed by atoms with Crippen LogP contribution in [0, 0.1) is 5.82 Å². The van der Waals surface area contributed by atoms with Gasteiger partial charge < -0.3 is 9.80 Å². The number of para-hydroxylation sites is 1. The first-order chi connectivity index (χ1) is 15.0. The number of Topliss-reactive ketones (excluding diaryl/α,β-unsaturated/α-hetero) is 1. The van der Waals surface area contributed by atoms with E-state index in [1.54, 1.807) is 23.4 Å². The summed E-state index contributed by atoms with van der Waals surface area (Å²) in [4.78, 5) is 27.8. The molecule has 2 aromatic carbocycles. The first kappa shape index (κ1) is 21.0. The minimum absolute atomic E-state index is 0.0136. The van der Waals surface area contributed by atoms with Gasteiger partial charge in [0.25, 0.3) is 0 Å². The molecule has 7 nitrogen and oxygen atoms in total. The Morgan fingerprint density at radius 1 is 1.06 bits per heavy atom. The molecule has 0 saturated carbocycles. The molecular weight excluding hydrogens is 417 g/mol. The largest absolute Gasteiger partial charge is 0.366 e. The fourth-order valence-electron chi connectivity index (χ4n) is 3.49. The highest BCUT2D eigenvalue weighted by Crippen LogP contribution is 2.23. The van der Waals surface area contributed by atoms with Crippen LogP contribution in [0.15, 0.2) is 60.0 Å². The van der Waals surface area contributed by atoms with Crippen LogP contribution in [-0.4, -0.2) is 63.3 Å². The third-order valence-corrected chi connectivity index (χ3v) is 6.13. The summed E-state index contributed by atoms with van der Waals surface area (Å²) in [6, 6.07) is 14.3. The number of carbonyl (C=O) groups is 2. The molecule has 1 amide bonds. The maximum Gasteiger partial charge on any atom is 0.233 e. The molecule has 0 atom stereocenters. The van der Waals surface area contributed by atoms with Gasteiger partial charge >= 0.3 is 0 Å². The van der Waals surface area contributed by atoms with Gasteiger partial charge in [-0.2, -0.15) is 0 Å². The molecule has 0 N–H and O–H groups in total. The highest BCUT2D eigenvalue weighted by molar-refractivity contribution is 7.99. The zero-order valence-corrected chi connectivity index (χ0v) is 17.9. The van der Waals surface area contributed by atoms with Crippen molar-refractivity contribution in [2.24, 2.45) is 0 Å². The Morgan fingerprint density at radius 3 is 2.48 bits per heavy atom. The topological polar surface area (TPSA) is 71.3 Å². The zero-order valence-electron chi connectivity index (χ0n) is 17.1. The summed E-state index contributed by atoms with van der Waals surface area (Å²) in [7, 11) is 0. The smallest absolute Gasteiger partial charge is 0.233 e. The summed E-state index contributed by atoms with van der Waals surface area (Å²) in [5.41, 5.74) is 1.76. The number of rotatable bonds is 6. The van der Waals surface area contributed by atoms with E-state index >= 15 is 0 Å². The number of aromatic nitrogens is 3. The van der Waals surface area contributed by atoms with Crippen molar-refractivity contribution in [2.45, 2.75) is 12.1 Å². The second-order valence-corrected chi connectivity index (χ2v) is 8.14. The fraction of sp³-hybridized carbons (Fsp3) is 0.273. The predicted molar refractivity (Wildman–Crippen MR) is 117 cm³/mol. The van der Waals surface area contributed by atoms with Gasteiger partial charge in [-0.15, -0.1) is 10.2 Å². The zero-order chi connectivity index (χ0) is 21.8. The Kier molecular flexibility index (Phi) is 6.31. The van der Waals surface area contributed by atoms with Crippen molar-refractivity contribution >= 4 is 29.1 Å². The van der Waals surface area contributed by atoms with E-state index < -0.39 is 5.82 Å². The number of hydrogen-bond donors (Lipinski definition) is 0. The lowest BCUT2D eigenvalue weighted by molar-refractivity contribution is -0.128. The highest BCUT2D eigenvalue weighted by Gasteiger charge is 2.23. The number of thioether (sulfide) groups is 1. The summed E-state index contributed by atoms with van der Waals surface area (Å²) in [5.74, 6) is -0.308. The number of amides is 1. The van der Waals surface area contributed by atoms with Gasteiger partial charge in [-0.25, -0.2) is 4.39 Å². The normalized spacial score (nSPS) is 14.0. The Hall–Kier alpha value is -3.20. The molecule has 1 saturated heterocycles. The van der Waals surface area contributed by atoms with Crippen molar-refractivity contribution in [1.82, 2.24) is 19.7 Å². The minimum atomic E-state index is -0.414. The van der Waals surface area contributed by atoms with E-state index in [2.05, 4.69) is 10.2 Å². The molecule has 1 aromatic heterocycles. The van der Waals surface area contributed by atoms with Crippen molar-refractivity contribution in [3.8, 4) is 5.69 Å². The van der Waals surface area contributed by atoms with Crippen LogP contribution in [0.1, 0.15) is 17.3 Å². The molecule has 160 valence electrons. The van der Waals surface area contributed by atoms with Crippen LogP contribution in [0.3, 0.4) is 0 Å². The third-order valence-electron chi connectivity index (χ3n) is 5.20. The lowest BCUT2D eigenvalue weighted by atomic mass is 10.1. The number of benzene rings is 2. The maximum atomic E-state index is 14.4. The second-order valence-electron chi connectivity index (χ2n) is 7.20. The Labute approximate surface area is 183 Å². The first-order valence-corrected chi connectivity index (χ1v) is 10.9. The van der Waals surface area contributed by atoms with Gasteiger partial charge in [-0.3, -0.25) is 14.2 Å². The standard InChI is InChI=1S/C22H22FN5O2S/c1-16(29)17-7-8-20(19(23)13-17)26-9-11-27(12-10-26)21(30)14-31-22-25-24-15-28(22)18-5-3-2-4-6-18/h2-8,13,15H,9-12,14H2,1H3. The fourth-order valence-corrected chi connectivity index (χ4v) is 4.32. The van der Waals surface area contributed by atoms with Crippen LogP contribution in [-0.2, 0) is 4.79 Å². The summed E-state index contributed by atoms with van der Waals surface area (Å²) in [6.45, 7) is 3.51. The van der Waals surface area contributed by atoms with Gasteiger partial charge in [-0.1, -0.05) is 30.0 Å². The lowest BCUT2D eigenvalue weighted by Gasteiger charge is -2.36. The predicted octanol–water partition coefficient (Wildman–Crippen LogP) is 3.05. The number of halogens is 1. The van der Waals surface area contributed by atoms with Gasteiger partial charge in [0.05, 0.1) is 11.4 Å². The molecule has 0 aliphatic carbocycles. The van der Waals surface area contributed by atoms with Crippen LogP contribution < -0.4 is 4.90 Å². The van der Waals surface area contributed by atoms with Crippen molar-refractivity contribution in [3.63, 3.8) is 0 Å². The van der Waals surface area contributed by atoms with Crippen LogP contribution >= 0.6 is 11.8 Å². The number of piperazine rings is 1. The molecule has 1 aliphatic heterocycles. The summed E-state index contributed by atoms with van der Waals surface area (Å²) in [6.07, 6.45) is 1.63. The number of nitrogens with zero attached hydrogens (tertiary/aromatic N) is 5. The molecule has 1 fully saturated rings. The van der Waals surface area contributed by atoms with Crippen molar-refractivity contribution in [2.75, 3.05) is 36.8 Å². The molecule has 9 heteroatoms. The Morgan fingerprint density at radius 2 is 1.81 bits per heavy atom. The molecule has 0 spiro atoms. The van der Waals surface area contributed by atoms with E-state index in [4.69, 9.17) is 0 Å².